The van der Waals surface area contributed by atoms with Crippen molar-refractivity contribution in [1.29, 1.82) is 0 Å². The maximum absolute atomic E-state index is 12.0. The fraction of sp³-hybridized carbons (Fsp3) is 0.167. The van der Waals surface area contributed by atoms with E-state index in [0.717, 1.165) is 10.9 Å². The molecule has 0 bridgehead atoms. The second kappa shape index (κ2) is 6.54. The number of anilines is 1. The van der Waals surface area contributed by atoms with Crippen LogP contribution in [-0.2, 0) is 6.54 Å². The Balaban J connectivity index is 1.66. The third-order valence-corrected chi connectivity index (χ3v) is 3.64. The Morgan fingerprint density at radius 3 is 2.79 bits per heavy atom. The highest BCUT2D eigenvalue weighted by Crippen LogP contribution is 2.19. The van der Waals surface area contributed by atoms with E-state index in [0.29, 0.717) is 22.5 Å². The number of ketones is 1. The van der Waals surface area contributed by atoms with Gasteiger partial charge in [-0.05, 0) is 38.1 Å². The zero-order valence-corrected chi connectivity index (χ0v) is 13.4. The number of hydrogen-bond donors (Lipinski definition) is 2. The van der Waals surface area contributed by atoms with Crippen LogP contribution in [0.1, 0.15) is 28.5 Å². The lowest BCUT2D eigenvalue weighted by atomic mass is 10.1. The smallest absolute Gasteiger partial charge is 0.319 e. The van der Waals surface area contributed by atoms with Crippen molar-refractivity contribution in [2.24, 2.45) is 0 Å². The molecule has 24 heavy (non-hydrogen) atoms. The summed E-state index contributed by atoms with van der Waals surface area (Å²) in [6, 6.07) is 12.2. The van der Waals surface area contributed by atoms with Crippen molar-refractivity contribution in [2.45, 2.75) is 20.4 Å². The zero-order valence-electron chi connectivity index (χ0n) is 13.4. The highest BCUT2D eigenvalue weighted by molar-refractivity contribution is 5.96. The van der Waals surface area contributed by atoms with E-state index in [1.165, 1.54) is 6.92 Å². The number of urea groups is 1. The van der Waals surface area contributed by atoms with Gasteiger partial charge in [0.1, 0.15) is 5.69 Å². The fourth-order valence-corrected chi connectivity index (χ4v) is 2.39. The van der Waals surface area contributed by atoms with E-state index in [1.54, 1.807) is 24.3 Å². The minimum atomic E-state index is -0.375. The van der Waals surface area contributed by atoms with Crippen LogP contribution in [0.4, 0.5) is 10.5 Å². The first kappa shape index (κ1) is 15.7. The average molecular weight is 323 g/mol. The summed E-state index contributed by atoms with van der Waals surface area (Å²) in [5.41, 5.74) is 3.55. The summed E-state index contributed by atoms with van der Waals surface area (Å²) in [5, 5.41) is 10.3. The molecule has 2 aromatic carbocycles. The van der Waals surface area contributed by atoms with Gasteiger partial charge in [0.2, 0.25) is 0 Å². The van der Waals surface area contributed by atoms with Crippen LogP contribution < -0.4 is 10.6 Å². The Hall–Kier alpha value is -3.15. The number of nitrogens with one attached hydrogen (secondary N) is 2. The molecule has 1 aromatic heterocycles. The van der Waals surface area contributed by atoms with E-state index >= 15 is 0 Å². The van der Waals surface area contributed by atoms with Gasteiger partial charge in [-0.1, -0.05) is 28.9 Å². The average Bonchev–Trinajstić information content (AvgIpc) is 2.95. The number of carbonyl (C=O) groups is 2. The van der Waals surface area contributed by atoms with E-state index in [4.69, 9.17) is 4.52 Å². The van der Waals surface area contributed by atoms with Gasteiger partial charge in [0.15, 0.2) is 11.4 Å². The molecule has 122 valence electrons. The van der Waals surface area contributed by atoms with Crippen LogP contribution in [0.25, 0.3) is 11.0 Å². The topological polar surface area (TPSA) is 84.2 Å². The van der Waals surface area contributed by atoms with Crippen molar-refractivity contribution in [3.8, 4) is 0 Å². The molecule has 0 aliphatic heterocycles. The molecule has 0 atom stereocenters. The Morgan fingerprint density at radius 1 is 1.17 bits per heavy atom. The molecule has 0 saturated heterocycles. The SMILES string of the molecule is CC(=O)c1cccc(NC(=O)NCc2noc3ccc(C)cc23)c1. The molecular weight excluding hydrogens is 306 g/mol. The lowest BCUT2D eigenvalue weighted by Gasteiger charge is -2.07. The largest absolute Gasteiger partial charge is 0.356 e. The summed E-state index contributed by atoms with van der Waals surface area (Å²) in [7, 11) is 0. The van der Waals surface area contributed by atoms with Crippen molar-refractivity contribution < 1.29 is 14.1 Å². The third-order valence-electron chi connectivity index (χ3n) is 3.64. The zero-order chi connectivity index (χ0) is 17.1. The predicted molar refractivity (Wildman–Crippen MR) is 91.1 cm³/mol. The summed E-state index contributed by atoms with van der Waals surface area (Å²) in [6.07, 6.45) is 0. The first-order valence-electron chi connectivity index (χ1n) is 7.54. The molecule has 0 aliphatic carbocycles. The monoisotopic (exact) mass is 323 g/mol. The van der Waals surface area contributed by atoms with Crippen molar-refractivity contribution in [1.82, 2.24) is 10.5 Å². The number of hydrogen-bond acceptors (Lipinski definition) is 4. The van der Waals surface area contributed by atoms with E-state index in [2.05, 4.69) is 15.8 Å². The molecule has 6 heteroatoms. The number of amides is 2. The van der Waals surface area contributed by atoms with E-state index in [-0.39, 0.29) is 18.4 Å². The van der Waals surface area contributed by atoms with Crippen LogP contribution in [0.5, 0.6) is 0 Å². The summed E-state index contributed by atoms with van der Waals surface area (Å²) >= 11 is 0. The van der Waals surface area contributed by atoms with Gasteiger partial charge in [0.25, 0.3) is 0 Å². The number of Topliss-reactive ketones (excluding diaryl/α,β-unsaturated/α-hetero) is 1. The molecule has 1 heterocycles. The van der Waals surface area contributed by atoms with Gasteiger partial charge in [-0.3, -0.25) is 4.79 Å². The Kier molecular flexibility index (Phi) is 4.29. The normalized spacial score (nSPS) is 10.6. The molecule has 2 amide bonds. The number of carbonyl (C=O) groups excluding carboxylic acids is 2. The second-order valence-electron chi connectivity index (χ2n) is 5.57. The summed E-state index contributed by atoms with van der Waals surface area (Å²) in [5.74, 6) is -0.0523. The molecule has 3 aromatic rings. The van der Waals surface area contributed by atoms with E-state index < -0.39 is 0 Å². The quantitative estimate of drug-likeness (QED) is 0.718. The minimum absolute atomic E-state index is 0.0523. The van der Waals surface area contributed by atoms with Gasteiger partial charge in [-0.2, -0.15) is 0 Å². The van der Waals surface area contributed by atoms with Gasteiger partial charge in [0.05, 0.1) is 6.54 Å². The van der Waals surface area contributed by atoms with Crippen molar-refractivity contribution in [3.05, 3.63) is 59.3 Å². The highest BCUT2D eigenvalue weighted by Gasteiger charge is 2.10. The Morgan fingerprint density at radius 2 is 2.00 bits per heavy atom. The van der Waals surface area contributed by atoms with Crippen molar-refractivity contribution >= 4 is 28.5 Å². The van der Waals surface area contributed by atoms with Gasteiger partial charge in [-0.25, -0.2) is 4.79 Å². The fourth-order valence-electron chi connectivity index (χ4n) is 2.39. The number of rotatable bonds is 4. The van der Waals surface area contributed by atoms with Gasteiger partial charge < -0.3 is 15.2 Å². The first-order chi connectivity index (χ1) is 11.5. The van der Waals surface area contributed by atoms with Crippen LogP contribution >= 0.6 is 0 Å². The lowest BCUT2D eigenvalue weighted by molar-refractivity contribution is 0.101. The maximum atomic E-state index is 12.0. The van der Waals surface area contributed by atoms with Crippen LogP contribution in [0.15, 0.2) is 47.0 Å². The molecule has 2 N–H and O–H groups in total. The first-order valence-corrected chi connectivity index (χ1v) is 7.54. The summed E-state index contributed by atoms with van der Waals surface area (Å²) < 4.78 is 5.24. The van der Waals surface area contributed by atoms with Crippen LogP contribution in [-0.4, -0.2) is 17.0 Å². The van der Waals surface area contributed by atoms with Crippen LogP contribution in [0, 0.1) is 6.92 Å². The molecule has 0 aliphatic rings. The predicted octanol–water partition coefficient (Wildman–Crippen LogP) is 3.66. The van der Waals surface area contributed by atoms with E-state index in [9.17, 15) is 9.59 Å². The van der Waals surface area contributed by atoms with Crippen molar-refractivity contribution in [2.75, 3.05) is 5.32 Å². The second-order valence-corrected chi connectivity index (χ2v) is 5.57. The standard InChI is InChI=1S/C18H17N3O3/c1-11-6-7-17-15(8-11)16(21-24-17)10-19-18(23)20-14-5-3-4-13(9-14)12(2)22/h3-9H,10H2,1-2H3,(H2,19,20,23). The number of aryl methyl sites for hydroxylation is 1. The highest BCUT2D eigenvalue weighted by atomic mass is 16.5. The molecular formula is C18H17N3O3. The third kappa shape index (κ3) is 3.43. The molecule has 3 rings (SSSR count). The Labute approximate surface area is 138 Å². The lowest BCUT2D eigenvalue weighted by Crippen LogP contribution is -2.28. The molecule has 0 radical (unpaired) electrons. The van der Waals surface area contributed by atoms with Crippen LogP contribution in [0.3, 0.4) is 0 Å². The van der Waals surface area contributed by atoms with Gasteiger partial charge >= 0.3 is 6.03 Å². The summed E-state index contributed by atoms with van der Waals surface area (Å²) in [4.78, 5) is 23.4. The van der Waals surface area contributed by atoms with Crippen LogP contribution in [0.2, 0.25) is 0 Å². The molecule has 6 nitrogen and oxygen atoms in total. The molecule has 0 unspecified atom stereocenters. The molecule has 0 spiro atoms. The maximum Gasteiger partial charge on any atom is 0.319 e. The van der Waals surface area contributed by atoms with E-state index in [1.807, 2.05) is 25.1 Å². The number of fused-ring (bicyclic) bond motifs is 1. The van der Waals surface area contributed by atoms with Gasteiger partial charge in [-0.15, -0.1) is 0 Å². The molecule has 0 fully saturated rings. The van der Waals surface area contributed by atoms with Crippen molar-refractivity contribution in [3.63, 3.8) is 0 Å². The molecule has 0 saturated carbocycles. The van der Waals surface area contributed by atoms with Gasteiger partial charge in [0, 0.05) is 16.6 Å². The Bertz CT molecular complexity index is 915. The summed E-state index contributed by atoms with van der Waals surface area (Å²) in [6.45, 7) is 3.71. The number of aromatic nitrogens is 1. The number of benzene rings is 2. The number of nitrogens with zero attached hydrogens (tertiary/aromatic N) is 1. The minimum Gasteiger partial charge on any atom is -0.356 e.